The first-order valence-electron chi connectivity index (χ1n) is 11.1. The average molecular weight is 454 g/mol. The van der Waals surface area contributed by atoms with E-state index in [1.165, 1.54) is 11.8 Å². The Hall–Kier alpha value is -4.19. The van der Waals surface area contributed by atoms with E-state index in [4.69, 9.17) is 0 Å². The van der Waals surface area contributed by atoms with Crippen molar-refractivity contribution in [3.8, 4) is 0 Å². The summed E-state index contributed by atoms with van der Waals surface area (Å²) in [5.41, 5.74) is 7.28. The molecular formula is C28H27N3O3. The number of aryl methyl sites for hydroxylation is 4. The van der Waals surface area contributed by atoms with Crippen molar-refractivity contribution in [3.63, 3.8) is 0 Å². The fraction of sp³-hybridized carbons (Fsp3) is 0.179. The van der Waals surface area contributed by atoms with E-state index in [0.29, 0.717) is 22.5 Å². The SMILES string of the molecule is CC(=O)Nc1ccc(N2C(=O)C(Nc3cc(C)cc(C)c3)=C(c3ccc(C)c(C)c3)C2=O)cc1. The highest BCUT2D eigenvalue weighted by Gasteiger charge is 2.40. The zero-order valence-electron chi connectivity index (χ0n) is 19.9. The minimum atomic E-state index is -0.426. The summed E-state index contributed by atoms with van der Waals surface area (Å²) in [6, 6.07) is 18.3. The van der Waals surface area contributed by atoms with Crippen molar-refractivity contribution >= 4 is 40.4 Å². The van der Waals surface area contributed by atoms with Crippen LogP contribution in [-0.2, 0) is 14.4 Å². The van der Waals surface area contributed by atoms with Crippen LogP contribution in [0, 0.1) is 27.7 Å². The topological polar surface area (TPSA) is 78.5 Å². The third-order valence-electron chi connectivity index (χ3n) is 5.82. The van der Waals surface area contributed by atoms with E-state index in [2.05, 4.69) is 10.6 Å². The van der Waals surface area contributed by atoms with Crippen LogP contribution in [0.4, 0.5) is 17.1 Å². The number of nitrogens with one attached hydrogen (secondary N) is 2. The molecule has 3 aromatic carbocycles. The number of nitrogens with zero attached hydrogens (tertiary/aromatic N) is 1. The van der Waals surface area contributed by atoms with Crippen molar-refractivity contribution in [2.24, 2.45) is 0 Å². The monoisotopic (exact) mass is 453 g/mol. The van der Waals surface area contributed by atoms with E-state index < -0.39 is 11.8 Å². The third-order valence-corrected chi connectivity index (χ3v) is 5.82. The number of amides is 3. The number of rotatable bonds is 5. The molecule has 34 heavy (non-hydrogen) atoms. The van der Waals surface area contributed by atoms with Gasteiger partial charge in [0.25, 0.3) is 11.8 Å². The van der Waals surface area contributed by atoms with E-state index in [-0.39, 0.29) is 11.6 Å². The van der Waals surface area contributed by atoms with Crippen molar-refractivity contribution < 1.29 is 14.4 Å². The van der Waals surface area contributed by atoms with Crippen molar-refractivity contribution in [1.82, 2.24) is 0 Å². The smallest absolute Gasteiger partial charge is 0.282 e. The van der Waals surface area contributed by atoms with Gasteiger partial charge in [-0.25, -0.2) is 4.90 Å². The van der Waals surface area contributed by atoms with Crippen LogP contribution in [-0.4, -0.2) is 17.7 Å². The molecule has 0 bridgehead atoms. The zero-order chi connectivity index (χ0) is 24.6. The Morgan fingerprint density at radius 3 is 1.97 bits per heavy atom. The van der Waals surface area contributed by atoms with Gasteiger partial charge in [-0.3, -0.25) is 14.4 Å². The minimum absolute atomic E-state index is 0.195. The van der Waals surface area contributed by atoms with Gasteiger partial charge >= 0.3 is 0 Å². The van der Waals surface area contributed by atoms with Gasteiger partial charge < -0.3 is 10.6 Å². The maximum Gasteiger partial charge on any atom is 0.282 e. The van der Waals surface area contributed by atoms with Crippen LogP contribution in [0.1, 0.15) is 34.7 Å². The van der Waals surface area contributed by atoms with Crippen LogP contribution in [0.25, 0.3) is 5.57 Å². The van der Waals surface area contributed by atoms with Gasteiger partial charge in [-0.15, -0.1) is 0 Å². The van der Waals surface area contributed by atoms with Gasteiger partial charge in [-0.2, -0.15) is 0 Å². The largest absolute Gasteiger partial charge is 0.350 e. The molecule has 0 spiro atoms. The predicted octanol–water partition coefficient (Wildman–Crippen LogP) is 5.28. The summed E-state index contributed by atoms with van der Waals surface area (Å²) < 4.78 is 0. The molecule has 6 heteroatoms. The molecule has 2 N–H and O–H groups in total. The summed E-state index contributed by atoms with van der Waals surface area (Å²) in [6.07, 6.45) is 0. The Balaban J connectivity index is 1.79. The Morgan fingerprint density at radius 2 is 1.38 bits per heavy atom. The van der Waals surface area contributed by atoms with Crippen LogP contribution >= 0.6 is 0 Å². The summed E-state index contributed by atoms with van der Waals surface area (Å²) in [5.74, 6) is -1.02. The molecular weight excluding hydrogens is 426 g/mol. The first kappa shape index (κ1) is 23.0. The molecule has 1 heterocycles. The number of imide groups is 1. The Morgan fingerprint density at radius 1 is 0.735 bits per heavy atom. The standard InChI is InChI=1S/C28H27N3O3/c1-16-12-17(2)14-23(13-16)30-26-25(21-7-6-18(3)19(4)15-21)27(33)31(28(26)34)24-10-8-22(9-11-24)29-20(5)32/h6-15,30H,1-5H3,(H,29,32). The minimum Gasteiger partial charge on any atom is -0.350 e. The summed E-state index contributed by atoms with van der Waals surface area (Å²) in [7, 11) is 0. The van der Waals surface area contributed by atoms with E-state index >= 15 is 0 Å². The second-order valence-corrected chi connectivity index (χ2v) is 8.72. The number of anilines is 3. The predicted molar refractivity (Wildman–Crippen MR) is 136 cm³/mol. The number of benzene rings is 3. The molecule has 0 radical (unpaired) electrons. The molecule has 172 valence electrons. The lowest BCUT2D eigenvalue weighted by Gasteiger charge is -2.16. The van der Waals surface area contributed by atoms with Crippen LogP contribution in [0.15, 0.2) is 66.4 Å². The second-order valence-electron chi connectivity index (χ2n) is 8.72. The van der Waals surface area contributed by atoms with Crippen LogP contribution in [0.3, 0.4) is 0 Å². The number of hydrogen-bond donors (Lipinski definition) is 2. The van der Waals surface area contributed by atoms with Gasteiger partial charge in [0.15, 0.2) is 0 Å². The lowest BCUT2D eigenvalue weighted by molar-refractivity contribution is -0.120. The quantitative estimate of drug-likeness (QED) is 0.516. The van der Waals surface area contributed by atoms with Crippen molar-refractivity contribution in [3.05, 3.63) is 94.2 Å². The molecule has 3 aromatic rings. The van der Waals surface area contributed by atoms with Crippen molar-refractivity contribution in [2.45, 2.75) is 34.6 Å². The molecule has 1 aliphatic heterocycles. The molecule has 0 unspecified atom stereocenters. The normalized spacial score (nSPS) is 13.5. The van der Waals surface area contributed by atoms with Gasteiger partial charge in [-0.05, 0) is 91.9 Å². The number of hydrogen-bond acceptors (Lipinski definition) is 4. The van der Waals surface area contributed by atoms with Gasteiger partial charge in [-0.1, -0.05) is 24.3 Å². The zero-order valence-corrected chi connectivity index (χ0v) is 19.9. The Labute approximate surface area is 199 Å². The molecule has 0 saturated heterocycles. The van der Waals surface area contributed by atoms with Crippen LogP contribution < -0.4 is 15.5 Å². The highest BCUT2D eigenvalue weighted by atomic mass is 16.2. The number of carbonyl (C=O) groups excluding carboxylic acids is 3. The maximum absolute atomic E-state index is 13.6. The maximum atomic E-state index is 13.6. The van der Waals surface area contributed by atoms with Gasteiger partial charge in [0.1, 0.15) is 5.70 Å². The molecule has 1 aliphatic rings. The summed E-state index contributed by atoms with van der Waals surface area (Å²) >= 11 is 0. The van der Waals surface area contributed by atoms with Gasteiger partial charge in [0.2, 0.25) is 5.91 Å². The second kappa shape index (κ2) is 8.98. The first-order valence-corrected chi connectivity index (χ1v) is 11.1. The molecule has 0 aliphatic carbocycles. The molecule has 3 amide bonds. The van der Waals surface area contributed by atoms with E-state index in [9.17, 15) is 14.4 Å². The van der Waals surface area contributed by atoms with Crippen molar-refractivity contribution in [1.29, 1.82) is 0 Å². The fourth-order valence-electron chi connectivity index (χ4n) is 4.13. The van der Waals surface area contributed by atoms with Gasteiger partial charge in [0.05, 0.1) is 11.3 Å². The average Bonchev–Trinajstić information content (AvgIpc) is 2.99. The van der Waals surface area contributed by atoms with E-state index in [0.717, 1.165) is 27.9 Å². The molecule has 0 fully saturated rings. The summed E-state index contributed by atoms with van der Waals surface area (Å²) in [4.78, 5) is 39.8. The lowest BCUT2D eigenvalue weighted by atomic mass is 9.99. The molecule has 0 atom stereocenters. The van der Waals surface area contributed by atoms with E-state index in [1.807, 2.05) is 64.1 Å². The molecule has 4 rings (SSSR count). The fourth-order valence-corrected chi connectivity index (χ4v) is 4.13. The summed E-state index contributed by atoms with van der Waals surface area (Å²) in [5, 5.41) is 5.93. The highest BCUT2D eigenvalue weighted by molar-refractivity contribution is 6.46. The highest BCUT2D eigenvalue weighted by Crippen LogP contribution is 2.35. The lowest BCUT2D eigenvalue weighted by Crippen LogP contribution is -2.32. The van der Waals surface area contributed by atoms with Gasteiger partial charge in [0, 0.05) is 18.3 Å². The first-order chi connectivity index (χ1) is 16.1. The Bertz CT molecular complexity index is 1330. The van der Waals surface area contributed by atoms with Crippen molar-refractivity contribution in [2.75, 3.05) is 15.5 Å². The summed E-state index contributed by atoms with van der Waals surface area (Å²) in [6.45, 7) is 9.39. The molecule has 0 saturated carbocycles. The van der Waals surface area contributed by atoms with Crippen LogP contribution in [0.5, 0.6) is 0 Å². The Kier molecular flexibility index (Phi) is 6.07. The third kappa shape index (κ3) is 4.48. The van der Waals surface area contributed by atoms with E-state index in [1.54, 1.807) is 24.3 Å². The number of carbonyl (C=O) groups is 3. The molecule has 6 nitrogen and oxygen atoms in total. The van der Waals surface area contributed by atoms with Crippen LogP contribution in [0.2, 0.25) is 0 Å². The molecule has 0 aromatic heterocycles.